The minimum absolute atomic E-state index is 0.153. The van der Waals surface area contributed by atoms with Crippen molar-refractivity contribution in [2.24, 2.45) is 0 Å². The summed E-state index contributed by atoms with van der Waals surface area (Å²) in [6.45, 7) is 0.880. The Balaban J connectivity index is 1.99. The van der Waals surface area contributed by atoms with E-state index in [-0.39, 0.29) is 11.9 Å². The summed E-state index contributed by atoms with van der Waals surface area (Å²) in [6.07, 6.45) is 9.91. The van der Waals surface area contributed by atoms with E-state index in [1.54, 1.807) is 0 Å². The Morgan fingerprint density at radius 3 is 3.27 bits per heavy atom. The molecule has 0 spiro atoms. The highest BCUT2D eigenvalue weighted by Gasteiger charge is 2.27. The smallest absolute Gasteiger partial charge is 0.224 e. The lowest BCUT2D eigenvalue weighted by Gasteiger charge is -2.16. The van der Waals surface area contributed by atoms with E-state index >= 15 is 0 Å². The SMILES string of the molecule is CNC/C=C/C1=CC=C2CC(=O)NC2C1. The first-order valence-electron chi connectivity index (χ1n) is 5.29. The monoisotopic (exact) mass is 204 g/mol. The average Bonchev–Trinajstić information content (AvgIpc) is 2.57. The molecule has 3 heteroatoms. The highest BCUT2D eigenvalue weighted by molar-refractivity contribution is 5.83. The molecular weight excluding hydrogens is 188 g/mol. The molecule has 1 fully saturated rings. The number of hydrogen-bond acceptors (Lipinski definition) is 2. The van der Waals surface area contributed by atoms with Crippen molar-refractivity contribution in [3.8, 4) is 0 Å². The maximum atomic E-state index is 11.2. The van der Waals surface area contributed by atoms with E-state index in [0.29, 0.717) is 6.42 Å². The van der Waals surface area contributed by atoms with Crippen LogP contribution in [0, 0.1) is 0 Å². The molecule has 1 saturated heterocycles. The van der Waals surface area contributed by atoms with E-state index in [4.69, 9.17) is 0 Å². The number of carbonyl (C=O) groups excluding carboxylic acids is 1. The fourth-order valence-corrected chi connectivity index (χ4v) is 1.97. The van der Waals surface area contributed by atoms with E-state index in [2.05, 4.69) is 34.9 Å². The van der Waals surface area contributed by atoms with Crippen molar-refractivity contribution in [1.82, 2.24) is 10.6 Å². The van der Waals surface area contributed by atoms with Crippen LogP contribution in [-0.4, -0.2) is 25.5 Å². The van der Waals surface area contributed by atoms with Crippen molar-refractivity contribution in [1.29, 1.82) is 0 Å². The number of nitrogens with one attached hydrogen (secondary N) is 2. The van der Waals surface area contributed by atoms with Gasteiger partial charge in [-0.2, -0.15) is 0 Å². The van der Waals surface area contributed by atoms with Gasteiger partial charge in [0, 0.05) is 13.0 Å². The van der Waals surface area contributed by atoms with Gasteiger partial charge in [-0.3, -0.25) is 4.79 Å². The first-order valence-corrected chi connectivity index (χ1v) is 5.29. The summed E-state index contributed by atoms with van der Waals surface area (Å²) in [4.78, 5) is 11.2. The lowest BCUT2D eigenvalue weighted by Crippen LogP contribution is -2.27. The van der Waals surface area contributed by atoms with Crippen LogP contribution in [0.1, 0.15) is 12.8 Å². The zero-order valence-corrected chi connectivity index (χ0v) is 8.92. The maximum absolute atomic E-state index is 11.2. The third-order valence-electron chi connectivity index (χ3n) is 2.75. The van der Waals surface area contributed by atoms with E-state index in [1.165, 1.54) is 11.1 Å². The molecule has 1 aliphatic carbocycles. The molecule has 1 unspecified atom stereocenters. The summed E-state index contributed by atoms with van der Waals surface area (Å²) < 4.78 is 0. The van der Waals surface area contributed by atoms with Crippen molar-refractivity contribution >= 4 is 5.91 Å². The van der Waals surface area contributed by atoms with Gasteiger partial charge in [0.2, 0.25) is 5.91 Å². The predicted octanol–water partition coefficient (Wildman–Crippen LogP) is 0.907. The molecule has 15 heavy (non-hydrogen) atoms. The number of amides is 1. The number of likely N-dealkylation sites (N-methyl/N-ethyl adjacent to an activating group) is 1. The predicted molar refractivity (Wildman–Crippen MR) is 60.4 cm³/mol. The van der Waals surface area contributed by atoms with Crippen LogP contribution in [0.15, 0.2) is 35.5 Å². The minimum Gasteiger partial charge on any atom is -0.349 e. The molecule has 0 aromatic heterocycles. The van der Waals surface area contributed by atoms with Crippen LogP contribution in [0.3, 0.4) is 0 Å². The maximum Gasteiger partial charge on any atom is 0.224 e. The zero-order chi connectivity index (χ0) is 10.7. The average molecular weight is 204 g/mol. The van der Waals surface area contributed by atoms with Crippen molar-refractivity contribution < 1.29 is 4.79 Å². The molecule has 0 saturated carbocycles. The van der Waals surface area contributed by atoms with Gasteiger partial charge < -0.3 is 10.6 Å². The van der Waals surface area contributed by atoms with Gasteiger partial charge in [-0.25, -0.2) is 0 Å². The standard InChI is InChI=1S/C12H16N2O/c1-13-6-2-3-9-4-5-10-8-12(15)14-11(10)7-9/h2-5,11,13H,6-8H2,1H3,(H,14,15)/b3-2+. The summed E-state index contributed by atoms with van der Waals surface area (Å²) in [6, 6.07) is 0.247. The Labute approximate surface area is 89.9 Å². The number of fused-ring (bicyclic) bond motifs is 1. The van der Waals surface area contributed by atoms with Crippen LogP contribution in [0.2, 0.25) is 0 Å². The fraction of sp³-hybridized carbons (Fsp3) is 0.417. The quantitative estimate of drug-likeness (QED) is 0.717. The lowest BCUT2D eigenvalue weighted by atomic mass is 9.94. The minimum atomic E-state index is 0.153. The normalized spacial score (nSPS) is 24.9. The van der Waals surface area contributed by atoms with Gasteiger partial charge in [0.1, 0.15) is 0 Å². The number of rotatable bonds is 3. The Morgan fingerprint density at radius 2 is 2.47 bits per heavy atom. The molecule has 2 N–H and O–H groups in total. The Morgan fingerprint density at radius 1 is 1.60 bits per heavy atom. The first-order chi connectivity index (χ1) is 7.29. The van der Waals surface area contributed by atoms with Gasteiger partial charge in [0.15, 0.2) is 0 Å². The van der Waals surface area contributed by atoms with Gasteiger partial charge in [-0.15, -0.1) is 0 Å². The van der Waals surface area contributed by atoms with Crippen LogP contribution in [0.25, 0.3) is 0 Å². The van der Waals surface area contributed by atoms with E-state index in [1.807, 2.05) is 7.05 Å². The molecule has 0 aromatic rings. The number of hydrogen-bond donors (Lipinski definition) is 2. The number of carbonyl (C=O) groups is 1. The van der Waals surface area contributed by atoms with Crippen LogP contribution < -0.4 is 10.6 Å². The molecule has 1 aliphatic heterocycles. The third kappa shape index (κ3) is 2.36. The zero-order valence-electron chi connectivity index (χ0n) is 8.92. The van der Waals surface area contributed by atoms with E-state index in [0.717, 1.165) is 13.0 Å². The van der Waals surface area contributed by atoms with Crippen molar-refractivity contribution in [3.63, 3.8) is 0 Å². The van der Waals surface area contributed by atoms with Crippen molar-refractivity contribution in [3.05, 3.63) is 35.5 Å². The summed E-state index contributed by atoms with van der Waals surface area (Å²) in [5.41, 5.74) is 2.51. The van der Waals surface area contributed by atoms with Gasteiger partial charge in [0.05, 0.1) is 6.04 Å². The topological polar surface area (TPSA) is 41.1 Å². The first kappa shape index (κ1) is 10.2. The molecule has 3 nitrogen and oxygen atoms in total. The van der Waals surface area contributed by atoms with Crippen LogP contribution in [0.4, 0.5) is 0 Å². The Bertz CT molecular complexity index is 353. The van der Waals surface area contributed by atoms with Crippen LogP contribution >= 0.6 is 0 Å². The van der Waals surface area contributed by atoms with Crippen molar-refractivity contribution in [2.75, 3.05) is 13.6 Å². The molecule has 0 radical (unpaired) electrons. The Hall–Kier alpha value is -1.35. The summed E-state index contributed by atoms with van der Waals surface area (Å²) in [5, 5.41) is 6.04. The van der Waals surface area contributed by atoms with E-state index < -0.39 is 0 Å². The molecule has 2 rings (SSSR count). The van der Waals surface area contributed by atoms with Gasteiger partial charge in [0.25, 0.3) is 0 Å². The van der Waals surface area contributed by atoms with Gasteiger partial charge in [-0.1, -0.05) is 24.3 Å². The molecule has 1 atom stereocenters. The summed E-state index contributed by atoms with van der Waals surface area (Å²) >= 11 is 0. The molecule has 1 amide bonds. The van der Waals surface area contributed by atoms with Gasteiger partial charge >= 0.3 is 0 Å². The largest absolute Gasteiger partial charge is 0.349 e. The molecule has 0 aromatic carbocycles. The third-order valence-corrected chi connectivity index (χ3v) is 2.75. The lowest BCUT2D eigenvalue weighted by molar-refractivity contribution is -0.119. The second-order valence-corrected chi connectivity index (χ2v) is 3.94. The van der Waals surface area contributed by atoms with Crippen molar-refractivity contribution in [2.45, 2.75) is 18.9 Å². The second kappa shape index (κ2) is 4.45. The highest BCUT2D eigenvalue weighted by Crippen LogP contribution is 2.26. The van der Waals surface area contributed by atoms with Gasteiger partial charge in [-0.05, 0) is 24.6 Å². The summed E-state index contributed by atoms with van der Waals surface area (Å²) in [5.74, 6) is 0.153. The molecule has 0 bridgehead atoms. The summed E-state index contributed by atoms with van der Waals surface area (Å²) in [7, 11) is 1.93. The molecular formula is C12H16N2O. The highest BCUT2D eigenvalue weighted by atomic mass is 16.1. The van der Waals surface area contributed by atoms with Crippen LogP contribution in [-0.2, 0) is 4.79 Å². The molecule has 2 aliphatic rings. The fourth-order valence-electron chi connectivity index (χ4n) is 1.97. The van der Waals surface area contributed by atoms with Crippen LogP contribution in [0.5, 0.6) is 0 Å². The second-order valence-electron chi connectivity index (χ2n) is 3.94. The van der Waals surface area contributed by atoms with E-state index in [9.17, 15) is 4.79 Å². The number of allylic oxidation sites excluding steroid dienone is 3. The molecule has 80 valence electrons. The molecule has 1 heterocycles. The Kier molecular flexibility index (Phi) is 3.02.